The van der Waals surface area contributed by atoms with E-state index in [1.807, 2.05) is 12.1 Å². The van der Waals surface area contributed by atoms with Crippen LogP contribution in [-0.4, -0.2) is 24.4 Å². The van der Waals surface area contributed by atoms with Gasteiger partial charge in [-0.2, -0.15) is 0 Å². The number of ether oxygens (including phenoxy) is 2. The average molecular weight is 284 g/mol. The Labute approximate surface area is 124 Å². The SMILES string of the molecule is COc1ccc2c3c1O[C@H]1C(O)C=CC4[C@H](CCC[C@@]341)C2. The van der Waals surface area contributed by atoms with Gasteiger partial charge in [-0.25, -0.2) is 0 Å². The fourth-order valence-corrected chi connectivity index (χ4v) is 5.53. The zero-order valence-electron chi connectivity index (χ0n) is 12.2. The summed E-state index contributed by atoms with van der Waals surface area (Å²) >= 11 is 0. The third-order valence-electron chi connectivity index (χ3n) is 6.22. The van der Waals surface area contributed by atoms with Crippen molar-refractivity contribution in [2.24, 2.45) is 11.8 Å². The highest BCUT2D eigenvalue weighted by Gasteiger charge is 2.63. The molecule has 1 N–H and O–H groups in total. The average Bonchev–Trinajstić information content (AvgIpc) is 2.83. The van der Waals surface area contributed by atoms with E-state index in [9.17, 15) is 5.11 Å². The summed E-state index contributed by atoms with van der Waals surface area (Å²) in [5, 5.41) is 10.5. The first-order chi connectivity index (χ1) is 10.3. The molecule has 1 fully saturated rings. The van der Waals surface area contributed by atoms with E-state index in [2.05, 4.69) is 12.1 Å². The van der Waals surface area contributed by atoms with Crippen molar-refractivity contribution in [3.63, 3.8) is 0 Å². The molecule has 1 heterocycles. The molecule has 0 radical (unpaired) electrons. The van der Waals surface area contributed by atoms with Crippen LogP contribution in [0.25, 0.3) is 0 Å². The molecule has 0 saturated heterocycles. The number of aliphatic hydroxyl groups is 1. The highest BCUT2D eigenvalue weighted by molar-refractivity contribution is 5.61. The van der Waals surface area contributed by atoms with Crippen molar-refractivity contribution in [3.05, 3.63) is 35.4 Å². The van der Waals surface area contributed by atoms with E-state index >= 15 is 0 Å². The summed E-state index contributed by atoms with van der Waals surface area (Å²) < 4.78 is 11.8. The van der Waals surface area contributed by atoms with E-state index < -0.39 is 6.10 Å². The van der Waals surface area contributed by atoms with Gasteiger partial charge in [0.2, 0.25) is 0 Å². The van der Waals surface area contributed by atoms with Gasteiger partial charge >= 0.3 is 0 Å². The molecule has 1 aromatic rings. The van der Waals surface area contributed by atoms with Crippen molar-refractivity contribution in [1.82, 2.24) is 0 Å². The zero-order chi connectivity index (χ0) is 14.2. The zero-order valence-corrected chi connectivity index (χ0v) is 12.2. The van der Waals surface area contributed by atoms with Crippen molar-refractivity contribution in [2.75, 3.05) is 7.11 Å². The molecule has 1 aliphatic heterocycles. The molecule has 4 aliphatic rings. The van der Waals surface area contributed by atoms with Crippen LogP contribution in [0.2, 0.25) is 0 Å². The predicted octanol–water partition coefficient (Wildman–Crippen LogP) is 2.60. The first kappa shape index (κ1) is 12.1. The summed E-state index contributed by atoms with van der Waals surface area (Å²) in [6.07, 6.45) is 8.35. The van der Waals surface area contributed by atoms with E-state index in [4.69, 9.17) is 9.47 Å². The molecule has 5 atom stereocenters. The maximum atomic E-state index is 10.5. The molecule has 3 nitrogen and oxygen atoms in total. The smallest absolute Gasteiger partial charge is 0.165 e. The normalized spacial score (nSPS) is 41.4. The summed E-state index contributed by atoms with van der Waals surface area (Å²) in [4.78, 5) is 0. The Kier molecular flexibility index (Phi) is 2.21. The summed E-state index contributed by atoms with van der Waals surface area (Å²) in [7, 11) is 1.69. The fraction of sp³-hybridized carbons (Fsp3) is 0.556. The Morgan fingerprint density at radius 3 is 3.10 bits per heavy atom. The molecule has 0 aromatic heterocycles. The molecule has 0 amide bonds. The molecule has 3 heteroatoms. The Balaban J connectivity index is 1.84. The molecule has 5 rings (SSSR count). The molecule has 21 heavy (non-hydrogen) atoms. The predicted molar refractivity (Wildman–Crippen MR) is 78.8 cm³/mol. The highest BCUT2D eigenvalue weighted by atomic mass is 16.5. The minimum Gasteiger partial charge on any atom is -0.493 e. The van der Waals surface area contributed by atoms with Gasteiger partial charge in [-0.15, -0.1) is 0 Å². The van der Waals surface area contributed by atoms with E-state index in [0.717, 1.165) is 24.3 Å². The van der Waals surface area contributed by atoms with Crippen LogP contribution < -0.4 is 9.47 Å². The summed E-state index contributed by atoms with van der Waals surface area (Å²) in [6, 6.07) is 4.24. The van der Waals surface area contributed by atoms with E-state index in [1.165, 1.54) is 24.0 Å². The summed E-state index contributed by atoms with van der Waals surface area (Å²) in [6.45, 7) is 0. The lowest BCUT2D eigenvalue weighted by molar-refractivity contribution is -0.0272. The number of allylic oxidation sites excluding steroid dienone is 1. The number of methoxy groups -OCH3 is 1. The van der Waals surface area contributed by atoms with Gasteiger partial charge in [0.05, 0.1) is 7.11 Å². The van der Waals surface area contributed by atoms with Gasteiger partial charge in [0, 0.05) is 11.0 Å². The topological polar surface area (TPSA) is 38.7 Å². The minimum atomic E-state index is -0.511. The number of hydrogen-bond acceptors (Lipinski definition) is 3. The fourth-order valence-electron chi connectivity index (χ4n) is 5.53. The Hall–Kier alpha value is -1.48. The van der Waals surface area contributed by atoms with Gasteiger partial charge in [-0.1, -0.05) is 24.6 Å². The standard InChI is InChI=1S/C18H20O3/c1-20-14-7-4-11-9-10-3-2-8-18-12(10)5-6-13(19)17(18)21-16(14)15(11)18/h4-7,10,12-13,17,19H,2-3,8-9H2,1H3/t10-,12?,13?,17+,18+/m1/s1. The molecule has 2 unspecified atom stereocenters. The lowest BCUT2D eigenvalue weighted by atomic mass is 9.50. The van der Waals surface area contributed by atoms with E-state index in [1.54, 1.807) is 7.11 Å². The lowest BCUT2D eigenvalue weighted by Crippen LogP contribution is -2.57. The maximum absolute atomic E-state index is 10.5. The second-order valence-electron chi connectivity index (χ2n) is 6.97. The van der Waals surface area contributed by atoms with Crippen molar-refractivity contribution < 1.29 is 14.6 Å². The first-order valence-corrected chi connectivity index (χ1v) is 7.99. The first-order valence-electron chi connectivity index (χ1n) is 7.99. The van der Waals surface area contributed by atoms with Crippen LogP contribution in [0.4, 0.5) is 0 Å². The Morgan fingerprint density at radius 1 is 1.33 bits per heavy atom. The van der Waals surface area contributed by atoms with Gasteiger partial charge in [0.15, 0.2) is 11.5 Å². The van der Waals surface area contributed by atoms with Gasteiger partial charge in [0.25, 0.3) is 0 Å². The highest BCUT2D eigenvalue weighted by Crippen LogP contribution is 2.64. The van der Waals surface area contributed by atoms with Crippen molar-refractivity contribution in [1.29, 1.82) is 0 Å². The summed E-state index contributed by atoms with van der Waals surface area (Å²) in [5.41, 5.74) is 2.74. The van der Waals surface area contributed by atoms with Gasteiger partial charge in [-0.3, -0.25) is 0 Å². The van der Waals surface area contributed by atoms with Crippen molar-refractivity contribution in [3.8, 4) is 11.5 Å². The molecule has 1 aromatic carbocycles. The Bertz CT molecular complexity index is 650. The second-order valence-corrected chi connectivity index (χ2v) is 6.97. The third kappa shape index (κ3) is 1.25. The molecular weight excluding hydrogens is 264 g/mol. The molecular formula is C18H20O3. The molecule has 3 aliphatic carbocycles. The van der Waals surface area contributed by atoms with E-state index in [0.29, 0.717) is 11.8 Å². The monoisotopic (exact) mass is 284 g/mol. The minimum absolute atomic E-state index is 0.0193. The quantitative estimate of drug-likeness (QED) is 0.806. The third-order valence-corrected chi connectivity index (χ3v) is 6.22. The number of hydrogen-bond donors (Lipinski definition) is 1. The van der Waals surface area contributed by atoms with Crippen molar-refractivity contribution in [2.45, 2.75) is 43.3 Å². The summed E-state index contributed by atoms with van der Waals surface area (Å²) in [5.74, 6) is 2.92. The van der Waals surface area contributed by atoms with E-state index in [-0.39, 0.29) is 11.5 Å². The maximum Gasteiger partial charge on any atom is 0.165 e. The van der Waals surface area contributed by atoms with Crippen LogP contribution >= 0.6 is 0 Å². The largest absolute Gasteiger partial charge is 0.493 e. The Morgan fingerprint density at radius 2 is 2.24 bits per heavy atom. The van der Waals surface area contributed by atoms with Crippen LogP contribution in [-0.2, 0) is 11.8 Å². The van der Waals surface area contributed by atoms with Gasteiger partial charge in [0.1, 0.15) is 12.2 Å². The molecule has 1 saturated carbocycles. The number of rotatable bonds is 1. The van der Waals surface area contributed by atoms with Crippen LogP contribution in [0.1, 0.15) is 30.4 Å². The second kappa shape index (κ2) is 3.83. The number of benzene rings is 1. The van der Waals surface area contributed by atoms with Crippen molar-refractivity contribution >= 4 is 0 Å². The lowest BCUT2D eigenvalue weighted by Gasteiger charge is -2.53. The van der Waals surface area contributed by atoms with Crippen LogP contribution in [0.3, 0.4) is 0 Å². The van der Waals surface area contributed by atoms with Gasteiger partial charge in [-0.05, 0) is 42.7 Å². The van der Waals surface area contributed by atoms with Gasteiger partial charge < -0.3 is 14.6 Å². The molecule has 1 spiro atoms. The molecule has 110 valence electrons. The van der Waals surface area contributed by atoms with Crippen LogP contribution in [0.5, 0.6) is 11.5 Å². The van der Waals surface area contributed by atoms with Crippen LogP contribution in [0, 0.1) is 11.8 Å². The number of aliphatic hydroxyl groups excluding tert-OH is 1. The van der Waals surface area contributed by atoms with Crippen LogP contribution in [0.15, 0.2) is 24.3 Å². The molecule has 2 bridgehead atoms.